The molecule has 0 radical (unpaired) electrons. The number of unbranched alkanes of at least 4 members (excludes halogenated alkanes) is 2. The second-order valence-corrected chi connectivity index (χ2v) is 13.7. The summed E-state index contributed by atoms with van der Waals surface area (Å²) in [5.74, 6) is -0.225. The number of carbonyl (C=O) groups is 2. The Morgan fingerprint density at radius 2 is 1.55 bits per heavy atom. The first kappa shape index (κ1) is 32.8. The lowest BCUT2D eigenvalue weighted by molar-refractivity contribution is -0.401. The van der Waals surface area contributed by atoms with Crippen molar-refractivity contribution in [1.29, 1.82) is 0 Å². The zero-order valence-corrected chi connectivity index (χ0v) is 27.7. The molecule has 2 amide bonds. The normalized spacial score (nSPS) is 17.8. The summed E-state index contributed by atoms with van der Waals surface area (Å²) in [5.41, 5.74) is 11.7. The predicted octanol–water partition coefficient (Wildman–Crippen LogP) is 7.60. The minimum absolute atomic E-state index is 0.0463. The van der Waals surface area contributed by atoms with Crippen molar-refractivity contribution in [3.63, 3.8) is 0 Å². The van der Waals surface area contributed by atoms with Gasteiger partial charge in [-0.1, -0.05) is 74.9 Å². The predicted molar refractivity (Wildman–Crippen MR) is 179 cm³/mol. The van der Waals surface area contributed by atoms with Crippen molar-refractivity contribution in [2.24, 2.45) is 0 Å². The van der Waals surface area contributed by atoms with E-state index in [-0.39, 0.29) is 16.7 Å². The van der Waals surface area contributed by atoms with Gasteiger partial charge in [-0.3, -0.25) is 10.2 Å². The highest BCUT2D eigenvalue weighted by atomic mass is 16.6. The summed E-state index contributed by atoms with van der Waals surface area (Å²) in [6, 6.07) is 17.3. The third-order valence-corrected chi connectivity index (χ3v) is 8.46. The van der Waals surface area contributed by atoms with Gasteiger partial charge in [-0.15, -0.1) is 0 Å². The molecule has 0 fully saturated rings. The summed E-state index contributed by atoms with van der Waals surface area (Å²) in [7, 11) is 2.14. The van der Waals surface area contributed by atoms with E-state index in [1.54, 1.807) is 20.8 Å². The summed E-state index contributed by atoms with van der Waals surface area (Å²) in [5, 5.41) is 0. The van der Waals surface area contributed by atoms with Crippen molar-refractivity contribution < 1.29 is 18.9 Å². The van der Waals surface area contributed by atoms with Gasteiger partial charge in [0.2, 0.25) is 11.6 Å². The molecular weight excluding hydrogens is 548 g/mol. The van der Waals surface area contributed by atoms with E-state index in [0.717, 1.165) is 25.8 Å². The Morgan fingerprint density at radius 1 is 0.864 bits per heavy atom. The fourth-order valence-electron chi connectivity index (χ4n) is 6.26. The van der Waals surface area contributed by atoms with Crippen LogP contribution in [0.5, 0.6) is 0 Å². The van der Waals surface area contributed by atoms with Crippen LogP contribution in [0.2, 0.25) is 0 Å². The van der Waals surface area contributed by atoms with Crippen molar-refractivity contribution in [2.45, 2.75) is 90.6 Å². The van der Waals surface area contributed by atoms with E-state index in [1.165, 1.54) is 33.9 Å². The number of fused-ring (bicyclic) bond motifs is 2. The van der Waals surface area contributed by atoms with E-state index >= 15 is 0 Å². The number of hydrogen-bond acceptors (Lipinski definition) is 4. The average molecular weight is 598 g/mol. The second-order valence-electron chi connectivity index (χ2n) is 13.7. The smallest absolute Gasteiger partial charge is 0.426 e. The van der Waals surface area contributed by atoms with E-state index in [9.17, 15) is 9.59 Å². The molecule has 7 nitrogen and oxygen atoms in total. The Labute approximate surface area is 263 Å². The van der Waals surface area contributed by atoms with Crippen LogP contribution in [0.4, 0.5) is 16.2 Å². The van der Waals surface area contributed by atoms with E-state index in [0.29, 0.717) is 6.42 Å². The molecule has 0 aromatic heterocycles. The molecule has 2 aromatic carbocycles. The number of ether oxygens (including phenoxy) is 1. The van der Waals surface area contributed by atoms with Gasteiger partial charge in [0.05, 0.1) is 5.41 Å². The number of hydrogen-bond donors (Lipinski definition) is 2. The highest BCUT2D eigenvalue weighted by Crippen LogP contribution is 2.47. The summed E-state index contributed by atoms with van der Waals surface area (Å²) in [4.78, 5) is 26.4. The largest absolute Gasteiger partial charge is 0.443 e. The van der Waals surface area contributed by atoms with Crippen LogP contribution in [0, 0.1) is 0 Å². The van der Waals surface area contributed by atoms with E-state index in [4.69, 9.17) is 4.74 Å². The quantitative estimate of drug-likeness (QED) is 0.135. The monoisotopic (exact) mass is 597 g/mol. The van der Waals surface area contributed by atoms with Crippen molar-refractivity contribution in [1.82, 2.24) is 10.9 Å². The van der Waals surface area contributed by atoms with Crippen molar-refractivity contribution >= 4 is 29.1 Å². The molecule has 2 aliphatic heterocycles. The van der Waals surface area contributed by atoms with Crippen LogP contribution in [-0.2, 0) is 20.4 Å². The summed E-state index contributed by atoms with van der Waals surface area (Å²) < 4.78 is 7.44. The summed E-state index contributed by atoms with van der Waals surface area (Å²) in [6.07, 6.45) is 13.1. The molecule has 0 saturated heterocycles. The first-order valence-electron chi connectivity index (χ1n) is 15.6. The molecule has 0 bridgehead atoms. The number of nitrogens with one attached hydrogen (secondary N) is 2. The number of allylic oxidation sites excluding steroid dienone is 6. The molecule has 2 heterocycles. The Bertz CT molecular complexity index is 1500. The van der Waals surface area contributed by atoms with Crippen LogP contribution in [0.3, 0.4) is 0 Å². The third-order valence-electron chi connectivity index (χ3n) is 8.46. The molecule has 4 rings (SSSR count). The summed E-state index contributed by atoms with van der Waals surface area (Å²) >= 11 is 0. The van der Waals surface area contributed by atoms with E-state index in [2.05, 4.69) is 134 Å². The number of carbonyl (C=O) groups excluding carboxylic acids is 2. The minimum atomic E-state index is -0.663. The zero-order valence-electron chi connectivity index (χ0n) is 27.7. The number of amides is 2. The molecule has 0 unspecified atom stereocenters. The lowest BCUT2D eigenvalue weighted by Crippen LogP contribution is -2.44. The van der Waals surface area contributed by atoms with Crippen LogP contribution in [0.15, 0.2) is 84.6 Å². The van der Waals surface area contributed by atoms with Crippen LogP contribution in [0.25, 0.3) is 0 Å². The Kier molecular flexibility index (Phi) is 9.87. The Morgan fingerprint density at radius 3 is 2.25 bits per heavy atom. The van der Waals surface area contributed by atoms with Gasteiger partial charge in [-0.25, -0.2) is 10.2 Å². The molecule has 0 saturated carbocycles. The fourth-order valence-corrected chi connectivity index (χ4v) is 6.26. The zero-order chi connectivity index (χ0) is 32.1. The van der Waals surface area contributed by atoms with Gasteiger partial charge in [-0.2, -0.15) is 4.58 Å². The third kappa shape index (κ3) is 7.32. The van der Waals surface area contributed by atoms with Gasteiger partial charge in [-0.05, 0) is 65.2 Å². The van der Waals surface area contributed by atoms with Crippen LogP contribution >= 0.6 is 0 Å². The van der Waals surface area contributed by atoms with Crippen LogP contribution in [-0.4, -0.2) is 41.5 Å². The highest BCUT2D eigenvalue weighted by Gasteiger charge is 2.42. The first-order valence-corrected chi connectivity index (χ1v) is 15.6. The Hall–Kier alpha value is -4.13. The van der Waals surface area contributed by atoms with Gasteiger partial charge in [0.1, 0.15) is 12.6 Å². The molecule has 2 aliphatic rings. The van der Waals surface area contributed by atoms with Gasteiger partial charge in [0.15, 0.2) is 5.71 Å². The van der Waals surface area contributed by atoms with E-state index < -0.39 is 11.7 Å². The van der Waals surface area contributed by atoms with E-state index in [1.807, 2.05) is 0 Å². The molecular formula is C37H49N4O3+. The number of benzene rings is 2. The minimum Gasteiger partial charge on any atom is -0.443 e. The second kappa shape index (κ2) is 13.2. The molecule has 2 N–H and O–H groups in total. The maximum absolute atomic E-state index is 12.2. The van der Waals surface area contributed by atoms with Crippen molar-refractivity contribution in [2.75, 3.05) is 18.5 Å². The number of nitrogens with zero attached hydrogens (tertiary/aromatic N) is 2. The van der Waals surface area contributed by atoms with Crippen molar-refractivity contribution in [3.05, 3.63) is 95.7 Å². The number of rotatable bonds is 9. The van der Waals surface area contributed by atoms with Crippen LogP contribution < -0.4 is 15.8 Å². The maximum atomic E-state index is 12.2. The van der Waals surface area contributed by atoms with Gasteiger partial charge in [0, 0.05) is 47.5 Å². The maximum Gasteiger partial charge on any atom is 0.426 e. The molecule has 0 aliphatic carbocycles. The average Bonchev–Trinajstić information content (AvgIpc) is 3.29. The molecule has 234 valence electrons. The number of anilines is 1. The number of para-hydroxylation sites is 2. The highest BCUT2D eigenvalue weighted by molar-refractivity contribution is 6.03. The SMILES string of the molecule is C[N+]1=C(/C=C/C=C/C=C2\N(CCCCCC(=O)NNC(=O)OC(C)(C)C)c3ccccc3C2(C)C)C(C)(C)c2ccccc21. The lowest BCUT2D eigenvalue weighted by atomic mass is 9.81. The van der Waals surface area contributed by atoms with Crippen LogP contribution in [0.1, 0.15) is 85.3 Å². The molecule has 7 heteroatoms. The molecule has 0 spiro atoms. The number of hydrazine groups is 1. The molecule has 2 aromatic rings. The van der Waals surface area contributed by atoms with Crippen molar-refractivity contribution in [3.8, 4) is 0 Å². The standard InChI is InChI=1S/C37H48N4O3/c1-35(2,3)44-34(43)39-38-33(42)25-13-10-18-26-41-30-22-17-15-20-28(30)37(6,7)32(41)24-12-9-11-23-31-36(4,5)27-19-14-16-21-29(27)40(31)8/h9,11-12,14-17,19-24H,10,13,18,25-26H2,1-8H3,(H-,38,39,42,43)/p+1. The fraction of sp³-hybridized carbons (Fsp3) is 0.432. The Balaban J connectivity index is 1.36. The topological polar surface area (TPSA) is 73.7 Å². The van der Waals surface area contributed by atoms with Gasteiger partial charge < -0.3 is 9.64 Å². The van der Waals surface area contributed by atoms with Gasteiger partial charge in [0.25, 0.3) is 0 Å². The summed E-state index contributed by atoms with van der Waals surface area (Å²) in [6.45, 7) is 15.3. The van der Waals surface area contributed by atoms with Gasteiger partial charge >= 0.3 is 6.09 Å². The first-order chi connectivity index (χ1) is 20.7. The lowest BCUT2D eigenvalue weighted by Gasteiger charge is -2.27. The molecule has 44 heavy (non-hydrogen) atoms. The molecule has 0 atom stereocenters.